The monoisotopic (exact) mass is 702 g/mol. The molecule has 0 spiro atoms. The SMILES string of the molecule is N#Cc1c(-c2ccccc2)c(-c2ccccc2)c(-n2c3ccc(-n4cccc4)cc3c3cc(-n4cccc4)ccc32)c(-c2ccccc2)c1-c1ccccc1. The topological polar surface area (TPSA) is 38.6 Å². The lowest BCUT2D eigenvalue weighted by atomic mass is 9.79. The summed E-state index contributed by atoms with van der Waals surface area (Å²) < 4.78 is 6.77. The van der Waals surface area contributed by atoms with Crippen LogP contribution in [0.3, 0.4) is 0 Å². The maximum atomic E-state index is 11.4. The van der Waals surface area contributed by atoms with E-state index in [9.17, 15) is 5.26 Å². The van der Waals surface area contributed by atoms with Gasteiger partial charge in [0.25, 0.3) is 0 Å². The summed E-state index contributed by atoms with van der Waals surface area (Å²) in [5.74, 6) is 0. The Morgan fingerprint density at radius 3 is 1.05 bits per heavy atom. The highest BCUT2D eigenvalue weighted by molar-refractivity contribution is 6.14. The van der Waals surface area contributed by atoms with Gasteiger partial charge in [0.2, 0.25) is 0 Å². The highest BCUT2D eigenvalue weighted by Gasteiger charge is 2.30. The van der Waals surface area contributed by atoms with Crippen LogP contribution in [0.4, 0.5) is 0 Å². The van der Waals surface area contributed by atoms with Gasteiger partial charge >= 0.3 is 0 Å². The Hall–Kier alpha value is -7.61. The van der Waals surface area contributed by atoms with Crippen LogP contribution < -0.4 is 0 Å². The number of fused-ring (bicyclic) bond motifs is 3. The van der Waals surface area contributed by atoms with E-state index in [-0.39, 0.29) is 0 Å². The molecule has 0 saturated carbocycles. The van der Waals surface area contributed by atoms with Gasteiger partial charge in [-0.05, 0) is 82.9 Å². The van der Waals surface area contributed by atoms with Gasteiger partial charge in [0.15, 0.2) is 0 Å². The van der Waals surface area contributed by atoms with Crippen molar-refractivity contribution in [1.29, 1.82) is 5.26 Å². The average Bonchev–Trinajstić information content (AvgIpc) is 4.06. The molecule has 10 rings (SSSR count). The number of nitriles is 1. The molecule has 0 unspecified atom stereocenters. The molecule has 0 amide bonds. The lowest BCUT2D eigenvalue weighted by molar-refractivity contribution is 1.08. The molecule has 0 fully saturated rings. The molecule has 0 saturated heterocycles. The highest BCUT2D eigenvalue weighted by atomic mass is 15.0. The van der Waals surface area contributed by atoms with Crippen molar-refractivity contribution in [3.63, 3.8) is 0 Å². The van der Waals surface area contributed by atoms with E-state index >= 15 is 0 Å². The summed E-state index contributed by atoms with van der Waals surface area (Å²) in [5, 5.41) is 13.7. The van der Waals surface area contributed by atoms with Crippen molar-refractivity contribution >= 4 is 21.8 Å². The van der Waals surface area contributed by atoms with Crippen molar-refractivity contribution in [1.82, 2.24) is 13.7 Å². The lowest BCUT2D eigenvalue weighted by Gasteiger charge is -2.27. The third kappa shape index (κ3) is 5.38. The van der Waals surface area contributed by atoms with Gasteiger partial charge in [0, 0.05) is 69.2 Å². The largest absolute Gasteiger partial charge is 0.324 e. The fourth-order valence-corrected chi connectivity index (χ4v) is 8.21. The Morgan fingerprint density at radius 2 is 0.709 bits per heavy atom. The maximum Gasteiger partial charge on any atom is 0.100 e. The number of aromatic nitrogens is 3. The van der Waals surface area contributed by atoms with E-state index in [0.717, 1.165) is 83.4 Å². The third-order valence-electron chi connectivity index (χ3n) is 10.6. The molecule has 4 heteroatoms. The normalized spacial score (nSPS) is 11.3. The summed E-state index contributed by atoms with van der Waals surface area (Å²) >= 11 is 0. The van der Waals surface area contributed by atoms with Crippen molar-refractivity contribution in [2.45, 2.75) is 0 Å². The van der Waals surface area contributed by atoms with Crippen LogP contribution in [-0.4, -0.2) is 13.7 Å². The van der Waals surface area contributed by atoms with Gasteiger partial charge in [-0.3, -0.25) is 0 Å². The summed E-state index contributed by atoms with van der Waals surface area (Å²) in [6, 6.07) is 66.5. The minimum Gasteiger partial charge on any atom is -0.324 e. The quantitative estimate of drug-likeness (QED) is 0.163. The van der Waals surface area contributed by atoms with Crippen LogP contribution in [0.15, 0.2) is 207 Å². The van der Waals surface area contributed by atoms with Crippen LogP contribution >= 0.6 is 0 Å². The predicted octanol–water partition coefficient (Wildman–Crippen LogP) is 12.9. The number of hydrogen-bond acceptors (Lipinski definition) is 1. The van der Waals surface area contributed by atoms with Gasteiger partial charge in [-0.25, -0.2) is 0 Å². The van der Waals surface area contributed by atoms with E-state index in [1.54, 1.807) is 0 Å². The van der Waals surface area contributed by atoms with Crippen LogP contribution in [0.1, 0.15) is 5.56 Å². The zero-order valence-corrected chi connectivity index (χ0v) is 29.9. The Labute approximate surface area is 319 Å². The first-order valence-corrected chi connectivity index (χ1v) is 18.5. The van der Waals surface area contributed by atoms with E-state index in [0.29, 0.717) is 5.56 Å². The Morgan fingerprint density at radius 1 is 0.364 bits per heavy atom. The van der Waals surface area contributed by atoms with Crippen molar-refractivity contribution in [2.24, 2.45) is 0 Å². The van der Waals surface area contributed by atoms with Crippen LogP contribution in [0, 0.1) is 11.3 Å². The van der Waals surface area contributed by atoms with E-state index in [1.165, 1.54) is 0 Å². The van der Waals surface area contributed by atoms with E-state index < -0.39 is 0 Å². The number of nitrogens with zero attached hydrogens (tertiary/aromatic N) is 4. The van der Waals surface area contributed by atoms with Crippen LogP contribution in [-0.2, 0) is 0 Å². The van der Waals surface area contributed by atoms with Crippen molar-refractivity contribution < 1.29 is 0 Å². The molecular formula is C51H34N4. The zero-order valence-electron chi connectivity index (χ0n) is 29.9. The molecule has 3 heterocycles. The van der Waals surface area contributed by atoms with E-state index in [2.05, 4.69) is 214 Å². The number of rotatable bonds is 7. The fraction of sp³-hybridized carbons (Fsp3) is 0. The molecule has 0 N–H and O–H groups in total. The smallest absolute Gasteiger partial charge is 0.100 e. The standard InChI is InChI=1S/C51H34N4/c52-35-44-47(36-17-5-1-6-18-36)49(38-21-9-3-10-22-38)51(50(39-23-11-4-12-24-39)48(44)37-19-7-2-8-20-37)55-45-27-25-40(53-29-13-14-30-53)33-42(45)43-34-41(26-28-46(43)55)54-31-15-16-32-54/h1-34H. The molecular weight excluding hydrogens is 669 g/mol. The molecule has 0 aliphatic carbocycles. The summed E-state index contributed by atoms with van der Waals surface area (Å²) in [7, 11) is 0. The van der Waals surface area contributed by atoms with Gasteiger partial charge in [-0.2, -0.15) is 5.26 Å². The van der Waals surface area contributed by atoms with Crippen molar-refractivity contribution in [3.8, 4) is 67.6 Å². The molecule has 258 valence electrons. The van der Waals surface area contributed by atoms with Gasteiger partial charge in [0.1, 0.15) is 6.07 Å². The third-order valence-corrected chi connectivity index (χ3v) is 10.6. The Kier molecular flexibility index (Phi) is 7.83. The fourth-order valence-electron chi connectivity index (χ4n) is 8.21. The van der Waals surface area contributed by atoms with Crippen molar-refractivity contribution in [2.75, 3.05) is 0 Å². The minimum absolute atomic E-state index is 0.643. The first kappa shape index (κ1) is 32.1. The second-order valence-corrected chi connectivity index (χ2v) is 13.7. The maximum absolute atomic E-state index is 11.4. The molecule has 0 aliphatic heterocycles. The van der Waals surface area contributed by atoms with Gasteiger partial charge in [-0.15, -0.1) is 0 Å². The molecule has 3 aromatic heterocycles. The Bertz CT molecular complexity index is 2790. The molecule has 0 bridgehead atoms. The molecule has 0 atom stereocenters. The molecule has 0 aliphatic rings. The summed E-state index contributed by atoms with van der Waals surface area (Å²) in [6.45, 7) is 0. The first-order valence-electron chi connectivity index (χ1n) is 18.5. The molecule has 7 aromatic carbocycles. The van der Waals surface area contributed by atoms with E-state index in [1.807, 2.05) is 12.1 Å². The van der Waals surface area contributed by atoms with Crippen molar-refractivity contribution in [3.05, 3.63) is 212 Å². The summed E-state index contributed by atoms with van der Waals surface area (Å²) in [6.07, 6.45) is 8.36. The van der Waals surface area contributed by atoms with Crippen LogP contribution in [0.2, 0.25) is 0 Å². The zero-order chi connectivity index (χ0) is 36.7. The van der Waals surface area contributed by atoms with Gasteiger partial charge in [-0.1, -0.05) is 121 Å². The second-order valence-electron chi connectivity index (χ2n) is 13.7. The van der Waals surface area contributed by atoms with Gasteiger partial charge in [0.05, 0.1) is 22.3 Å². The van der Waals surface area contributed by atoms with E-state index in [4.69, 9.17) is 0 Å². The molecule has 4 nitrogen and oxygen atoms in total. The van der Waals surface area contributed by atoms with Crippen LogP contribution in [0.25, 0.3) is 83.4 Å². The molecule has 10 aromatic rings. The van der Waals surface area contributed by atoms with Crippen LogP contribution in [0.5, 0.6) is 0 Å². The number of benzene rings is 7. The first-order chi connectivity index (χ1) is 27.3. The minimum atomic E-state index is 0.643. The average molecular weight is 703 g/mol. The Balaban J connectivity index is 1.47. The second kappa shape index (κ2) is 13.4. The lowest BCUT2D eigenvalue weighted by Crippen LogP contribution is -2.07. The summed E-state index contributed by atoms with van der Waals surface area (Å²) in [5.41, 5.74) is 13.9. The molecule has 0 radical (unpaired) electrons. The highest BCUT2D eigenvalue weighted by Crippen LogP contribution is 2.52. The van der Waals surface area contributed by atoms with Gasteiger partial charge < -0.3 is 13.7 Å². The molecule has 55 heavy (non-hydrogen) atoms. The predicted molar refractivity (Wildman–Crippen MR) is 226 cm³/mol. The summed E-state index contributed by atoms with van der Waals surface area (Å²) in [4.78, 5) is 0. The number of hydrogen-bond donors (Lipinski definition) is 0.